The van der Waals surface area contributed by atoms with Gasteiger partial charge in [0.15, 0.2) is 0 Å². The van der Waals surface area contributed by atoms with Gasteiger partial charge in [0, 0.05) is 30.8 Å². The number of likely N-dealkylation sites (tertiary alicyclic amines) is 1. The molecule has 1 aromatic carbocycles. The summed E-state index contributed by atoms with van der Waals surface area (Å²) in [5, 5.41) is 12.3. The summed E-state index contributed by atoms with van der Waals surface area (Å²) in [7, 11) is 0. The largest absolute Gasteiger partial charge is 0.393 e. The van der Waals surface area contributed by atoms with Gasteiger partial charge in [0.1, 0.15) is 0 Å². The normalized spacial score (nSPS) is 15.6. The molecule has 0 aromatic heterocycles. The second-order valence-electron chi connectivity index (χ2n) is 5.75. The molecule has 5 nitrogen and oxygen atoms in total. The van der Waals surface area contributed by atoms with E-state index >= 15 is 0 Å². The zero-order chi connectivity index (χ0) is 15.9. The molecule has 1 heterocycles. The fourth-order valence-corrected chi connectivity index (χ4v) is 2.51. The van der Waals surface area contributed by atoms with Gasteiger partial charge in [-0.3, -0.25) is 9.59 Å². The number of hydrogen-bond donors (Lipinski definition) is 2. The van der Waals surface area contributed by atoms with E-state index in [1.165, 1.54) is 0 Å². The first-order valence-corrected chi connectivity index (χ1v) is 7.97. The summed E-state index contributed by atoms with van der Waals surface area (Å²) >= 11 is 0. The summed E-state index contributed by atoms with van der Waals surface area (Å²) in [6.07, 6.45) is 3.38. The second-order valence-corrected chi connectivity index (χ2v) is 5.75. The summed E-state index contributed by atoms with van der Waals surface area (Å²) < 4.78 is 0. The SMILES string of the molecule is CCCCC(=O)Nc1ccc(C(=O)N2CCC(O)CC2)cc1. The lowest BCUT2D eigenvalue weighted by atomic mass is 10.1. The predicted octanol–water partition coefficient (Wildman–Crippen LogP) is 2.41. The third kappa shape index (κ3) is 4.56. The summed E-state index contributed by atoms with van der Waals surface area (Å²) in [4.78, 5) is 25.8. The minimum Gasteiger partial charge on any atom is -0.393 e. The summed E-state index contributed by atoms with van der Waals surface area (Å²) in [6.45, 7) is 3.23. The Morgan fingerprint density at radius 2 is 1.86 bits per heavy atom. The topological polar surface area (TPSA) is 69.6 Å². The molecule has 0 spiro atoms. The molecular weight excluding hydrogens is 280 g/mol. The standard InChI is InChI=1S/C17H24N2O3/c1-2-3-4-16(21)18-14-7-5-13(6-8-14)17(22)19-11-9-15(20)10-12-19/h5-8,15,20H,2-4,9-12H2,1H3,(H,18,21). The Hall–Kier alpha value is -1.88. The van der Waals surface area contributed by atoms with Crippen molar-refractivity contribution in [2.45, 2.75) is 45.1 Å². The molecule has 5 heteroatoms. The molecule has 1 fully saturated rings. The second kappa shape index (κ2) is 7.94. The van der Waals surface area contributed by atoms with Gasteiger partial charge in [-0.15, -0.1) is 0 Å². The molecule has 0 atom stereocenters. The highest BCUT2D eigenvalue weighted by molar-refractivity contribution is 5.95. The molecule has 1 saturated heterocycles. The lowest BCUT2D eigenvalue weighted by molar-refractivity contribution is -0.116. The van der Waals surface area contributed by atoms with Gasteiger partial charge in [0.25, 0.3) is 5.91 Å². The van der Waals surface area contributed by atoms with Crippen LogP contribution in [0.5, 0.6) is 0 Å². The number of piperidine rings is 1. The van der Waals surface area contributed by atoms with Gasteiger partial charge in [-0.2, -0.15) is 0 Å². The van der Waals surface area contributed by atoms with E-state index in [2.05, 4.69) is 5.32 Å². The van der Waals surface area contributed by atoms with Crippen molar-refractivity contribution in [1.29, 1.82) is 0 Å². The van der Waals surface area contributed by atoms with Crippen molar-refractivity contribution in [1.82, 2.24) is 4.90 Å². The maximum absolute atomic E-state index is 12.3. The number of benzene rings is 1. The van der Waals surface area contributed by atoms with Gasteiger partial charge in [-0.25, -0.2) is 0 Å². The zero-order valence-corrected chi connectivity index (χ0v) is 13.0. The van der Waals surface area contributed by atoms with Crippen LogP contribution in [0.1, 0.15) is 49.4 Å². The number of aliphatic hydroxyl groups is 1. The molecule has 1 aliphatic rings. The first-order chi connectivity index (χ1) is 10.6. The number of carbonyl (C=O) groups excluding carboxylic acids is 2. The van der Waals surface area contributed by atoms with Gasteiger partial charge in [-0.05, 0) is 43.5 Å². The Kier molecular flexibility index (Phi) is 5.95. The Labute approximate surface area is 131 Å². The van der Waals surface area contributed by atoms with E-state index in [1.807, 2.05) is 6.92 Å². The van der Waals surface area contributed by atoms with Crippen LogP contribution in [-0.2, 0) is 4.79 Å². The minimum atomic E-state index is -0.287. The van der Waals surface area contributed by atoms with Gasteiger partial charge in [0.2, 0.25) is 5.91 Å². The number of unbranched alkanes of at least 4 members (excludes halogenated alkanes) is 1. The van der Waals surface area contributed by atoms with E-state index in [0.29, 0.717) is 43.6 Å². The fourth-order valence-electron chi connectivity index (χ4n) is 2.51. The van der Waals surface area contributed by atoms with E-state index in [1.54, 1.807) is 29.2 Å². The van der Waals surface area contributed by atoms with Crippen molar-refractivity contribution >= 4 is 17.5 Å². The monoisotopic (exact) mass is 304 g/mol. The fraction of sp³-hybridized carbons (Fsp3) is 0.529. The van der Waals surface area contributed by atoms with Crippen LogP contribution in [0.3, 0.4) is 0 Å². The minimum absolute atomic E-state index is 0.00550. The van der Waals surface area contributed by atoms with Gasteiger partial charge in [-0.1, -0.05) is 13.3 Å². The molecule has 0 saturated carbocycles. The van der Waals surface area contributed by atoms with Crippen LogP contribution in [0.25, 0.3) is 0 Å². The van der Waals surface area contributed by atoms with Crippen LogP contribution >= 0.6 is 0 Å². The maximum atomic E-state index is 12.3. The highest BCUT2D eigenvalue weighted by atomic mass is 16.3. The van der Waals surface area contributed by atoms with Crippen molar-refractivity contribution in [3.63, 3.8) is 0 Å². The number of carbonyl (C=O) groups is 2. The molecule has 0 bridgehead atoms. The smallest absolute Gasteiger partial charge is 0.253 e. The highest BCUT2D eigenvalue weighted by Gasteiger charge is 2.22. The molecule has 0 aliphatic carbocycles. The van der Waals surface area contributed by atoms with Gasteiger partial charge >= 0.3 is 0 Å². The number of hydrogen-bond acceptors (Lipinski definition) is 3. The average Bonchev–Trinajstić information content (AvgIpc) is 2.54. The molecule has 2 rings (SSSR count). The third-order valence-electron chi connectivity index (χ3n) is 3.92. The number of amides is 2. The first kappa shape index (κ1) is 16.5. The van der Waals surface area contributed by atoms with E-state index < -0.39 is 0 Å². The lowest BCUT2D eigenvalue weighted by Crippen LogP contribution is -2.40. The van der Waals surface area contributed by atoms with Gasteiger partial charge < -0.3 is 15.3 Å². The van der Waals surface area contributed by atoms with Crippen LogP contribution < -0.4 is 5.32 Å². The van der Waals surface area contributed by atoms with Crippen molar-refractivity contribution in [2.75, 3.05) is 18.4 Å². The number of nitrogens with zero attached hydrogens (tertiary/aromatic N) is 1. The quantitative estimate of drug-likeness (QED) is 0.877. The highest BCUT2D eigenvalue weighted by Crippen LogP contribution is 2.16. The molecule has 1 aromatic rings. The van der Waals surface area contributed by atoms with Crippen molar-refractivity contribution in [3.05, 3.63) is 29.8 Å². The van der Waals surface area contributed by atoms with Crippen molar-refractivity contribution in [2.24, 2.45) is 0 Å². The van der Waals surface area contributed by atoms with E-state index in [9.17, 15) is 14.7 Å². The predicted molar refractivity (Wildman–Crippen MR) is 85.7 cm³/mol. The van der Waals surface area contributed by atoms with Crippen LogP contribution in [-0.4, -0.2) is 41.0 Å². The van der Waals surface area contributed by atoms with Crippen molar-refractivity contribution in [3.8, 4) is 0 Å². The molecule has 2 N–H and O–H groups in total. The molecular formula is C17H24N2O3. The number of anilines is 1. The van der Waals surface area contributed by atoms with Crippen LogP contribution in [0.4, 0.5) is 5.69 Å². The number of rotatable bonds is 5. The molecule has 22 heavy (non-hydrogen) atoms. The Bertz CT molecular complexity index is 505. The Balaban J connectivity index is 1.91. The van der Waals surface area contributed by atoms with E-state index in [-0.39, 0.29) is 17.9 Å². The van der Waals surface area contributed by atoms with Crippen LogP contribution in [0.15, 0.2) is 24.3 Å². The molecule has 2 amide bonds. The van der Waals surface area contributed by atoms with Crippen LogP contribution in [0, 0.1) is 0 Å². The number of aliphatic hydroxyl groups excluding tert-OH is 1. The molecule has 0 radical (unpaired) electrons. The average molecular weight is 304 g/mol. The summed E-state index contributed by atoms with van der Waals surface area (Å²) in [6, 6.07) is 7.00. The Morgan fingerprint density at radius 1 is 1.23 bits per heavy atom. The molecule has 120 valence electrons. The van der Waals surface area contributed by atoms with Gasteiger partial charge in [0.05, 0.1) is 6.10 Å². The van der Waals surface area contributed by atoms with Crippen LogP contribution in [0.2, 0.25) is 0 Å². The third-order valence-corrected chi connectivity index (χ3v) is 3.92. The first-order valence-electron chi connectivity index (χ1n) is 7.97. The zero-order valence-electron chi connectivity index (χ0n) is 13.0. The van der Waals surface area contributed by atoms with Crippen molar-refractivity contribution < 1.29 is 14.7 Å². The van der Waals surface area contributed by atoms with E-state index in [0.717, 1.165) is 12.8 Å². The summed E-state index contributed by atoms with van der Waals surface area (Å²) in [5.41, 5.74) is 1.33. The van der Waals surface area contributed by atoms with E-state index in [4.69, 9.17) is 0 Å². The lowest BCUT2D eigenvalue weighted by Gasteiger charge is -2.29. The molecule has 0 unspecified atom stereocenters. The number of nitrogens with one attached hydrogen (secondary N) is 1. The maximum Gasteiger partial charge on any atom is 0.253 e. The Morgan fingerprint density at radius 3 is 2.45 bits per heavy atom. The summed E-state index contributed by atoms with van der Waals surface area (Å²) in [5.74, 6) is -0.0123. The molecule has 1 aliphatic heterocycles.